The van der Waals surface area contributed by atoms with Gasteiger partial charge < -0.3 is 14.6 Å². The van der Waals surface area contributed by atoms with Crippen LogP contribution in [0.15, 0.2) is 60.7 Å². The first kappa shape index (κ1) is 21.6. The normalized spacial score (nSPS) is 11.9. The number of ether oxygens (including phenoxy) is 1. The van der Waals surface area contributed by atoms with E-state index in [4.69, 9.17) is 9.72 Å². The molecule has 1 amide bonds. The van der Waals surface area contributed by atoms with Crippen LogP contribution < -0.4 is 10.1 Å². The van der Waals surface area contributed by atoms with Crippen LogP contribution >= 0.6 is 0 Å². The van der Waals surface area contributed by atoms with Gasteiger partial charge in [0.05, 0.1) is 17.6 Å². The van der Waals surface area contributed by atoms with E-state index in [0.29, 0.717) is 26.1 Å². The van der Waals surface area contributed by atoms with E-state index in [0.717, 1.165) is 22.6 Å². The molecule has 0 spiro atoms. The maximum atomic E-state index is 11.7. The summed E-state index contributed by atoms with van der Waals surface area (Å²) in [4.78, 5) is 16.4. The topological polar surface area (TPSA) is 56.2 Å². The molecule has 0 aliphatic rings. The zero-order valence-corrected chi connectivity index (χ0v) is 18.3. The largest absolute Gasteiger partial charge is 0.492 e. The Morgan fingerprint density at radius 3 is 2.57 bits per heavy atom. The Morgan fingerprint density at radius 2 is 1.87 bits per heavy atom. The molecule has 5 heteroatoms. The van der Waals surface area contributed by atoms with Crippen LogP contribution in [0.4, 0.5) is 0 Å². The number of aromatic nitrogens is 2. The number of hydrogen-bond acceptors (Lipinski definition) is 3. The van der Waals surface area contributed by atoms with Crippen molar-refractivity contribution >= 4 is 16.9 Å². The van der Waals surface area contributed by atoms with Crippen molar-refractivity contribution in [2.75, 3.05) is 13.2 Å². The van der Waals surface area contributed by atoms with Gasteiger partial charge in [0.15, 0.2) is 0 Å². The van der Waals surface area contributed by atoms with Gasteiger partial charge in [0.2, 0.25) is 5.91 Å². The van der Waals surface area contributed by atoms with E-state index in [1.807, 2.05) is 37.3 Å². The minimum Gasteiger partial charge on any atom is -0.492 e. The highest BCUT2D eigenvalue weighted by molar-refractivity contribution is 5.87. The number of rotatable bonds is 8. The van der Waals surface area contributed by atoms with Gasteiger partial charge in [0.1, 0.15) is 18.2 Å². The van der Waals surface area contributed by atoms with Gasteiger partial charge in [-0.05, 0) is 48.2 Å². The number of hydrogen-bond donors (Lipinski definition) is 1. The number of nitrogens with zero attached hydrogens (tertiary/aromatic N) is 2. The fourth-order valence-electron chi connectivity index (χ4n) is 3.38. The second kappa shape index (κ2) is 9.61. The summed E-state index contributed by atoms with van der Waals surface area (Å²) in [5.41, 5.74) is 3.46. The molecular formula is C25H31N3O2. The molecule has 0 radical (unpaired) electrons. The molecule has 0 bridgehead atoms. The Balaban J connectivity index is 1.66. The van der Waals surface area contributed by atoms with Crippen LogP contribution in [0.3, 0.4) is 0 Å². The highest BCUT2D eigenvalue weighted by Gasteiger charge is 2.13. The number of carbonyl (C=O) groups is 1. The molecule has 30 heavy (non-hydrogen) atoms. The van der Waals surface area contributed by atoms with Crippen LogP contribution in [-0.2, 0) is 23.2 Å². The fourth-order valence-corrected chi connectivity index (χ4v) is 3.38. The first-order valence-electron chi connectivity index (χ1n) is 10.5. The van der Waals surface area contributed by atoms with Crippen LogP contribution in [0, 0.1) is 0 Å². The number of nitrogens with one attached hydrogen (secondary N) is 1. The number of carbonyl (C=O) groups excluding carboxylic acids is 1. The maximum absolute atomic E-state index is 11.7. The number of amides is 1. The number of imidazole rings is 1. The standard InChI is InChI=1S/C25H31N3O2/c1-5-8-24(29)26-16-15-23-27-21-9-6-7-10-22(21)28(23)17-18-30-20-13-11-19(12-14-20)25(2,3)4/h5-14H,15-18H2,1-4H3,(H,26,29)/b8-5+. The molecule has 1 aromatic heterocycles. The summed E-state index contributed by atoms with van der Waals surface area (Å²) in [5.74, 6) is 1.73. The summed E-state index contributed by atoms with van der Waals surface area (Å²) in [6.07, 6.45) is 3.93. The van der Waals surface area contributed by atoms with Gasteiger partial charge in [-0.1, -0.05) is 51.1 Å². The lowest BCUT2D eigenvalue weighted by molar-refractivity contribution is -0.116. The second-order valence-corrected chi connectivity index (χ2v) is 8.33. The molecule has 3 aromatic rings. The van der Waals surface area contributed by atoms with Crippen molar-refractivity contribution in [3.05, 3.63) is 72.1 Å². The third kappa shape index (κ3) is 5.50. The SMILES string of the molecule is C/C=C/C(=O)NCCc1nc2ccccc2n1CCOc1ccc(C(C)(C)C)cc1. The Labute approximate surface area is 178 Å². The third-order valence-corrected chi connectivity index (χ3v) is 5.00. The van der Waals surface area contributed by atoms with Gasteiger partial charge in [0, 0.05) is 13.0 Å². The smallest absolute Gasteiger partial charge is 0.243 e. The average Bonchev–Trinajstić information content (AvgIpc) is 3.05. The van der Waals surface area contributed by atoms with Crippen molar-refractivity contribution in [3.63, 3.8) is 0 Å². The lowest BCUT2D eigenvalue weighted by atomic mass is 9.87. The van der Waals surface area contributed by atoms with E-state index in [2.05, 4.69) is 48.9 Å². The van der Waals surface area contributed by atoms with E-state index >= 15 is 0 Å². The minimum absolute atomic E-state index is 0.0813. The molecule has 0 fully saturated rings. The van der Waals surface area contributed by atoms with Crippen LogP contribution in [0.25, 0.3) is 11.0 Å². The van der Waals surface area contributed by atoms with E-state index in [9.17, 15) is 4.79 Å². The van der Waals surface area contributed by atoms with Gasteiger partial charge in [0.25, 0.3) is 0 Å². The molecule has 0 saturated carbocycles. The average molecular weight is 406 g/mol. The van der Waals surface area contributed by atoms with Crippen molar-refractivity contribution < 1.29 is 9.53 Å². The zero-order valence-electron chi connectivity index (χ0n) is 18.3. The molecule has 0 unspecified atom stereocenters. The maximum Gasteiger partial charge on any atom is 0.243 e. The molecule has 0 atom stereocenters. The Hall–Kier alpha value is -3.08. The van der Waals surface area contributed by atoms with Crippen LogP contribution in [-0.4, -0.2) is 28.6 Å². The Bertz CT molecular complexity index is 1010. The number of para-hydroxylation sites is 2. The summed E-state index contributed by atoms with van der Waals surface area (Å²) in [7, 11) is 0. The number of fused-ring (bicyclic) bond motifs is 1. The monoisotopic (exact) mass is 405 g/mol. The molecule has 158 valence electrons. The van der Waals surface area contributed by atoms with E-state index in [-0.39, 0.29) is 11.3 Å². The molecule has 3 rings (SSSR count). The lowest BCUT2D eigenvalue weighted by Crippen LogP contribution is -2.24. The van der Waals surface area contributed by atoms with Gasteiger partial charge in [-0.15, -0.1) is 0 Å². The highest BCUT2D eigenvalue weighted by atomic mass is 16.5. The lowest BCUT2D eigenvalue weighted by Gasteiger charge is -2.19. The molecule has 0 aliphatic carbocycles. The van der Waals surface area contributed by atoms with Crippen molar-refractivity contribution in [1.82, 2.24) is 14.9 Å². The van der Waals surface area contributed by atoms with Crippen LogP contribution in [0.1, 0.15) is 39.1 Å². The van der Waals surface area contributed by atoms with Crippen molar-refractivity contribution in [3.8, 4) is 5.75 Å². The number of benzene rings is 2. The fraction of sp³-hybridized carbons (Fsp3) is 0.360. The first-order valence-corrected chi connectivity index (χ1v) is 10.5. The van der Waals surface area contributed by atoms with Gasteiger partial charge in [-0.25, -0.2) is 4.98 Å². The van der Waals surface area contributed by atoms with Crippen molar-refractivity contribution in [1.29, 1.82) is 0 Å². The van der Waals surface area contributed by atoms with Gasteiger partial charge in [-0.3, -0.25) is 4.79 Å². The molecule has 5 nitrogen and oxygen atoms in total. The predicted molar refractivity (Wildman–Crippen MR) is 122 cm³/mol. The second-order valence-electron chi connectivity index (χ2n) is 8.33. The summed E-state index contributed by atoms with van der Waals surface area (Å²) in [6.45, 7) is 10.2. The third-order valence-electron chi connectivity index (χ3n) is 5.00. The molecule has 0 aliphatic heterocycles. The molecular weight excluding hydrogens is 374 g/mol. The Kier molecular flexibility index (Phi) is 6.93. The van der Waals surface area contributed by atoms with E-state index in [1.54, 1.807) is 6.08 Å². The van der Waals surface area contributed by atoms with Crippen molar-refractivity contribution in [2.45, 2.75) is 46.1 Å². The van der Waals surface area contributed by atoms with E-state index in [1.165, 1.54) is 11.6 Å². The minimum atomic E-state index is -0.0813. The molecule has 0 saturated heterocycles. The molecule has 1 N–H and O–H groups in total. The summed E-state index contributed by atoms with van der Waals surface area (Å²) in [5, 5.41) is 2.89. The van der Waals surface area contributed by atoms with E-state index < -0.39 is 0 Å². The van der Waals surface area contributed by atoms with Gasteiger partial charge in [-0.2, -0.15) is 0 Å². The molecule has 1 heterocycles. The quantitative estimate of drug-likeness (QED) is 0.555. The van der Waals surface area contributed by atoms with Crippen molar-refractivity contribution in [2.24, 2.45) is 0 Å². The number of allylic oxidation sites excluding steroid dienone is 1. The molecule has 2 aromatic carbocycles. The highest BCUT2D eigenvalue weighted by Crippen LogP contribution is 2.24. The Morgan fingerprint density at radius 1 is 1.13 bits per heavy atom. The van der Waals surface area contributed by atoms with Crippen LogP contribution in [0.5, 0.6) is 5.75 Å². The predicted octanol–water partition coefficient (Wildman–Crippen LogP) is 4.65. The summed E-state index contributed by atoms with van der Waals surface area (Å²) in [6, 6.07) is 16.4. The summed E-state index contributed by atoms with van der Waals surface area (Å²) < 4.78 is 8.18. The van der Waals surface area contributed by atoms with Crippen LogP contribution in [0.2, 0.25) is 0 Å². The summed E-state index contributed by atoms with van der Waals surface area (Å²) >= 11 is 0. The van der Waals surface area contributed by atoms with Gasteiger partial charge >= 0.3 is 0 Å². The first-order chi connectivity index (χ1) is 14.4. The zero-order chi connectivity index (χ0) is 21.6.